The van der Waals surface area contributed by atoms with Gasteiger partial charge in [0.25, 0.3) is 0 Å². The SMILES string of the molecule is C=C(/C=C\C=C/C)c1nc(-n2c3ccccc3c3cc4c(ccc5sc6ccccc6c54)cc32)nc2c3ccccc3c3ccccc3c12. The van der Waals surface area contributed by atoms with Crippen molar-refractivity contribution in [2.75, 3.05) is 0 Å². The molecule has 0 aliphatic rings. The fourth-order valence-electron chi connectivity index (χ4n) is 7.68. The molecular weight excluding hydrogens is 615 g/mol. The van der Waals surface area contributed by atoms with Crippen molar-refractivity contribution in [3.63, 3.8) is 0 Å². The molecule has 0 unspecified atom stereocenters. The van der Waals surface area contributed by atoms with E-state index < -0.39 is 0 Å². The van der Waals surface area contributed by atoms with Crippen molar-refractivity contribution in [1.82, 2.24) is 14.5 Å². The molecule has 3 aromatic heterocycles. The Kier molecular flexibility index (Phi) is 6.11. The highest BCUT2D eigenvalue weighted by molar-refractivity contribution is 7.26. The average molecular weight is 644 g/mol. The van der Waals surface area contributed by atoms with E-state index in [0.29, 0.717) is 5.95 Å². The Hall–Kier alpha value is -6.10. The Morgan fingerprint density at radius 3 is 2.10 bits per heavy atom. The van der Waals surface area contributed by atoms with E-state index in [9.17, 15) is 0 Å². The molecule has 0 aliphatic heterocycles. The van der Waals surface area contributed by atoms with Crippen LogP contribution in [0.15, 0.2) is 152 Å². The molecule has 0 N–H and O–H groups in total. The summed E-state index contributed by atoms with van der Waals surface area (Å²) in [6.07, 6.45) is 8.12. The number of rotatable bonds is 4. The molecule has 3 heterocycles. The van der Waals surface area contributed by atoms with Gasteiger partial charge in [0.1, 0.15) is 0 Å². The third-order valence-corrected chi connectivity index (χ3v) is 11.0. The Bertz CT molecular complexity index is 3080. The summed E-state index contributed by atoms with van der Waals surface area (Å²) < 4.78 is 4.87. The second kappa shape index (κ2) is 10.7. The molecule has 0 fully saturated rings. The van der Waals surface area contributed by atoms with E-state index in [-0.39, 0.29) is 0 Å². The minimum atomic E-state index is 0.635. The van der Waals surface area contributed by atoms with Crippen LogP contribution in [0.3, 0.4) is 0 Å². The molecule has 10 rings (SSSR count). The summed E-state index contributed by atoms with van der Waals surface area (Å²) in [7, 11) is 0. The standard InChI is InChI=1S/C45H29N3S/c1-3-4-5-14-27(2)43-42-32-18-8-6-15-29(32)30-16-7-9-19-33(30)44(42)47-45(46-43)48-37-21-12-10-17-31(37)36-26-35-28(25-38(36)48)23-24-40-41(35)34-20-11-13-22-39(34)49-40/h3-26H,2H2,1H3/b4-3-,14-5-. The molecule has 0 atom stereocenters. The first kappa shape index (κ1) is 28.0. The van der Waals surface area contributed by atoms with Gasteiger partial charge in [0, 0.05) is 41.7 Å². The number of thiophene rings is 1. The maximum atomic E-state index is 5.47. The number of hydrogen-bond donors (Lipinski definition) is 0. The summed E-state index contributed by atoms with van der Waals surface area (Å²) in [6.45, 7) is 6.57. The Balaban J connectivity index is 1.36. The number of nitrogens with zero attached hydrogens (tertiary/aromatic N) is 3. The maximum absolute atomic E-state index is 5.47. The van der Waals surface area contributed by atoms with Crippen molar-refractivity contribution >= 4 is 102 Å². The fourth-order valence-corrected chi connectivity index (χ4v) is 8.80. The molecule has 4 heteroatoms. The van der Waals surface area contributed by atoms with Gasteiger partial charge in [-0.25, -0.2) is 9.97 Å². The van der Waals surface area contributed by atoms with Crippen molar-refractivity contribution < 1.29 is 0 Å². The highest BCUT2D eigenvalue weighted by Crippen LogP contribution is 2.43. The monoisotopic (exact) mass is 643 g/mol. The molecule has 0 saturated heterocycles. The van der Waals surface area contributed by atoms with E-state index in [1.165, 1.54) is 52.5 Å². The summed E-state index contributed by atoms with van der Waals surface area (Å²) in [4.78, 5) is 10.9. The molecule has 10 aromatic rings. The molecule has 7 aromatic carbocycles. The topological polar surface area (TPSA) is 30.7 Å². The van der Waals surface area contributed by atoms with Crippen LogP contribution in [-0.4, -0.2) is 14.5 Å². The zero-order chi connectivity index (χ0) is 32.6. The zero-order valence-electron chi connectivity index (χ0n) is 26.8. The van der Waals surface area contributed by atoms with Crippen LogP contribution in [0.1, 0.15) is 12.6 Å². The minimum Gasteiger partial charge on any atom is -0.278 e. The summed E-state index contributed by atoms with van der Waals surface area (Å²) in [5.74, 6) is 0.635. The van der Waals surface area contributed by atoms with Gasteiger partial charge in [-0.05, 0) is 69.8 Å². The van der Waals surface area contributed by atoms with E-state index in [1.807, 2.05) is 42.6 Å². The lowest BCUT2D eigenvalue weighted by Crippen LogP contribution is -2.05. The van der Waals surface area contributed by atoms with Gasteiger partial charge in [-0.3, -0.25) is 4.57 Å². The molecule has 230 valence electrons. The number of allylic oxidation sites excluding steroid dienone is 5. The van der Waals surface area contributed by atoms with Crippen LogP contribution in [0.25, 0.3) is 96.7 Å². The normalized spacial score (nSPS) is 12.5. The predicted octanol–water partition coefficient (Wildman–Crippen LogP) is 12.7. The number of hydrogen-bond acceptors (Lipinski definition) is 3. The van der Waals surface area contributed by atoms with Crippen LogP contribution >= 0.6 is 11.3 Å². The van der Waals surface area contributed by atoms with Gasteiger partial charge in [-0.1, -0.05) is 122 Å². The van der Waals surface area contributed by atoms with Crippen molar-refractivity contribution in [2.24, 2.45) is 0 Å². The second-order valence-electron chi connectivity index (χ2n) is 12.6. The fraction of sp³-hybridized carbons (Fsp3) is 0.0222. The minimum absolute atomic E-state index is 0.635. The van der Waals surface area contributed by atoms with Crippen LogP contribution in [0.5, 0.6) is 0 Å². The molecule has 0 radical (unpaired) electrons. The van der Waals surface area contributed by atoms with Gasteiger partial charge < -0.3 is 0 Å². The molecule has 3 nitrogen and oxygen atoms in total. The van der Waals surface area contributed by atoms with Crippen LogP contribution in [0.4, 0.5) is 0 Å². The van der Waals surface area contributed by atoms with E-state index >= 15 is 0 Å². The Morgan fingerprint density at radius 1 is 0.592 bits per heavy atom. The van der Waals surface area contributed by atoms with Gasteiger partial charge in [0.05, 0.1) is 22.2 Å². The number of fused-ring (bicyclic) bond motifs is 14. The summed E-state index contributed by atoms with van der Waals surface area (Å²) >= 11 is 1.86. The smallest absolute Gasteiger partial charge is 0.235 e. The van der Waals surface area contributed by atoms with E-state index in [0.717, 1.165) is 44.0 Å². The van der Waals surface area contributed by atoms with E-state index in [2.05, 4.69) is 132 Å². The van der Waals surface area contributed by atoms with Gasteiger partial charge in [-0.15, -0.1) is 11.3 Å². The first-order valence-corrected chi connectivity index (χ1v) is 17.4. The lowest BCUT2D eigenvalue weighted by molar-refractivity contribution is 1.01. The number of para-hydroxylation sites is 1. The van der Waals surface area contributed by atoms with Gasteiger partial charge >= 0.3 is 0 Å². The highest BCUT2D eigenvalue weighted by atomic mass is 32.1. The molecular formula is C45H29N3S. The first-order valence-electron chi connectivity index (χ1n) is 16.6. The van der Waals surface area contributed by atoms with Crippen molar-refractivity contribution in [3.8, 4) is 5.95 Å². The summed E-state index contributed by atoms with van der Waals surface area (Å²) in [5, 5.41) is 13.1. The molecule has 0 bridgehead atoms. The molecule has 0 spiro atoms. The lowest BCUT2D eigenvalue weighted by atomic mass is 9.94. The average Bonchev–Trinajstić information content (AvgIpc) is 3.69. The summed E-state index contributed by atoms with van der Waals surface area (Å²) in [6, 6.07) is 43.7. The molecule has 0 aliphatic carbocycles. The van der Waals surface area contributed by atoms with E-state index in [1.54, 1.807) is 0 Å². The number of aromatic nitrogens is 3. The second-order valence-corrected chi connectivity index (χ2v) is 13.7. The quantitative estimate of drug-likeness (QED) is 0.141. The van der Waals surface area contributed by atoms with Crippen molar-refractivity contribution in [1.29, 1.82) is 0 Å². The van der Waals surface area contributed by atoms with Gasteiger partial charge in [-0.2, -0.15) is 0 Å². The Morgan fingerprint density at radius 2 is 1.29 bits per heavy atom. The molecule has 49 heavy (non-hydrogen) atoms. The number of benzene rings is 7. The van der Waals surface area contributed by atoms with Crippen molar-refractivity contribution in [2.45, 2.75) is 6.92 Å². The maximum Gasteiger partial charge on any atom is 0.235 e. The molecule has 0 saturated carbocycles. The first-order chi connectivity index (χ1) is 24.2. The van der Waals surface area contributed by atoms with Crippen LogP contribution in [0, 0.1) is 0 Å². The van der Waals surface area contributed by atoms with Crippen LogP contribution < -0.4 is 0 Å². The van der Waals surface area contributed by atoms with Crippen molar-refractivity contribution in [3.05, 3.63) is 158 Å². The van der Waals surface area contributed by atoms with Gasteiger partial charge in [0.15, 0.2) is 0 Å². The predicted molar refractivity (Wildman–Crippen MR) is 212 cm³/mol. The largest absolute Gasteiger partial charge is 0.278 e. The zero-order valence-corrected chi connectivity index (χ0v) is 27.6. The third kappa shape index (κ3) is 4.08. The van der Waals surface area contributed by atoms with Gasteiger partial charge in [0.2, 0.25) is 5.95 Å². The highest BCUT2D eigenvalue weighted by Gasteiger charge is 2.21. The third-order valence-electron chi connectivity index (χ3n) is 9.82. The van der Waals surface area contributed by atoms with Crippen LogP contribution in [0.2, 0.25) is 0 Å². The van der Waals surface area contributed by atoms with Crippen LogP contribution in [-0.2, 0) is 0 Å². The lowest BCUT2D eigenvalue weighted by Gasteiger charge is -2.16. The summed E-state index contributed by atoms with van der Waals surface area (Å²) in [5.41, 5.74) is 4.75. The Labute approximate surface area is 286 Å². The molecule has 0 amide bonds. The van der Waals surface area contributed by atoms with E-state index in [4.69, 9.17) is 9.97 Å².